The van der Waals surface area contributed by atoms with Crippen LogP contribution in [0.3, 0.4) is 0 Å². The van der Waals surface area contributed by atoms with Crippen LogP contribution in [0.25, 0.3) is 11.3 Å². The molecule has 1 N–H and O–H groups in total. The summed E-state index contributed by atoms with van der Waals surface area (Å²) in [6, 6.07) is 6.04. The quantitative estimate of drug-likeness (QED) is 0.944. The lowest BCUT2D eigenvalue weighted by molar-refractivity contribution is -0.137. The summed E-state index contributed by atoms with van der Waals surface area (Å²) < 4.78 is 63.2. The van der Waals surface area contributed by atoms with Crippen LogP contribution in [-0.2, 0) is 16.2 Å². The van der Waals surface area contributed by atoms with Gasteiger partial charge in [0.1, 0.15) is 12.1 Å². The second-order valence-corrected chi connectivity index (χ2v) is 5.95. The topological polar surface area (TPSA) is 72.0 Å². The highest BCUT2D eigenvalue weighted by Gasteiger charge is 2.33. The van der Waals surface area contributed by atoms with Gasteiger partial charge in [0.25, 0.3) is 0 Å². The SMILES string of the molecule is CS(=O)(=O)Nc1cc(-c2ccccc2C(F)(F)F)ncn1. The fourth-order valence-corrected chi connectivity index (χ4v) is 2.20. The molecular weight excluding hydrogens is 307 g/mol. The second-order valence-electron chi connectivity index (χ2n) is 4.21. The highest BCUT2D eigenvalue weighted by molar-refractivity contribution is 7.92. The van der Waals surface area contributed by atoms with E-state index in [0.29, 0.717) is 0 Å². The zero-order valence-corrected chi connectivity index (χ0v) is 11.5. The molecule has 0 amide bonds. The molecule has 2 aromatic rings. The Morgan fingerprint density at radius 2 is 1.81 bits per heavy atom. The van der Waals surface area contributed by atoms with Gasteiger partial charge in [0.15, 0.2) is 0 Å². The van der Waals surface area contributed by atoms with Crippen molar-refractivity contribution in [1.29, 1.82) is 0 Å². The Balaban J connectivity index is 2.51. The molecular formula is C12H10F3N3O2S. The number of aromatic nitrogens is 2. The van der Waals surface area contributed by atoms with Gasteiger partial charge in [-0.1, -0.05) is 18.2 Å². The molecule has 21 heavy (non-hydrogen) atoms. The summed E-state index contributed by atoms with van der Waals surface area (Å²) in [6.07, 6.45) is -2.62. The maximum absolute atomic E-state index is 13.0. The number of hydrogen-bond donors (Lipinski definition) is 1. The zero-order valence-electron chi connectivity index (χ0n) is 10.7. The summed E-state index contributed by atoms with van der Waals surface area (Å²) in [7, 11) is -3.58. The lowest BCUT2D eigenvalue weighted by Crippen LogP contribution is -2.11. The van der Waals surface area contributed by atoms with Crippen molar-refractivity contribution in [2.75, 3.05) is 11.0 Å². The smallest absolute Gasteiger partial charge is 0.267 e. The van der Waals surface area contributed by atoms with Crippen molar-refractivity contribution in [2.24, 2.45) is 0 Å². The molecule has 0 saturated carbocycles. The molecule has 0 fully saturated rings. The maximum atomic E-state index is 13.0. The first kappa shape index (κ1) is 15.2. The Labute approximate surface area is 118 Å². The number of hydrogen-bond acceptors (Lipinski definition) is 4. The number of nitrogens with zero attached hydrogens (tertiary/aromatic N) is 2. The zero-order chi connectivity index (χ0) is 15.7. The van der Waals surface area contributed by atoms with Crippen molar-refractivity contribution >= 4 is 15.8 Å². The molecule has 0 aliphatic carbocycles. The normalized spacial score (nSPS) is 12.2. The molecule has 0 spiro atoms. The van der Waals surface area contributed by atoms with Crippen molar-refractivity contribution < 1.29 is 21.6 Å². The van der Waals surface area contributed by atoms with Crippen LogP contribution >= 0.6 is 0 Å². The highest BCUT2D eigenvalue weighted by atomic mass is 32.2. The van der Waals surface area contributed by atoms with Gasteiger partial charge in [0, 0.05) is 11.6 Å². The van der Waals surface area contributed by atoms with Gasteiger partial charge in [-0.05, 0) is 6.07 Å². The van der Waals surface area contributed by atoms with Gasteiger partial charge in [0.2, 0.25) is 10.0 Å². The second kappa shape index (κ2) is 5.32. The average molecular weight is 317 g/mol. The Hall–Kier alpha value is -2.16. The molecule has 112 valence electrons. The van der Waals surface area contributed by atoms with Crippen molar-refractivity contribution in [1.82, 2.24) is 9.97 Å². The third-order valence-corrected chi connectivity index (χ3v) is 3.05. The Morgan fingerprint density at radius 1 is 1.14 bits per heavy atom. The van der Waals surface area contributed by atoms with Crippen LogP contribution in [0.2, 0.25) is 0 Å². The van der Waals surface area contributed by atoms with Crippen molar-refractivity contribution in [3.8, 4) is 11.3 Å². The molecule has 1 aromatic heterocycles. The molecule has 0 bridgehead atoms. The minimum atomic E-state index is -4.54. The van der Waals surface area contributed by atoms with E-state index in [-0.39, 0.29) is 17.1 Å². The lowest BCUT2D eigenvalue weighted by atomic mass is 10.0. The van der Waals surface area contributed by atoms with E-state index in [4.69, 9.17) is 0 Å². The third kappa shape index (κ3) is 3.91. The van der Waals surface area contributed by atoms with E-state index >= 15 is 0 Å². The van der Waals surface area contributed by atoms with Crippen LogP contribution in [0, 0.1) is 0 Å². The number of halogens is 3. The van der Waals surface area contributed by atoms with Crippen molar-refractivity contribution in [3.63, 3.8) is 0 Å². The van der Waals surface area contributed by atoms with E-state index in [0.717, 1.165) is 24.7 Å². The molecule has 5 nitrogen and oxygen atoms in total. The highest BCUT2D eigenvalue weighted by Crippen LogP contribution is 2.36. The molecule has 0 atom stereocenters. The minimum Gasteiger partial charge on any atom is -0.267 e. The number of anilines is 1. The first-order valence-corrected chi connectivity index (χ1v) is 7.52. The third-order valence-electron chi connectivity index (χ3n) is 2.47. The molecule has 1 aromatic carbocycles. The number of nitrogens with one attached hydrogen (secondary N) is 1. The fourth-order valence-electron chi connectivity index (χ4n) is 1.70. The summed E-state index contributed by atoms with van der Waals surface area (Å²) in [5.41, 5.74) is -1.03. The minimum absolute atomic E-state index is 0.0240. The first-order chi connectivity index (χ1) is 9.67. The summed E-state index contributed by atoms with van der Waals surface area (Å²) >= 11 is 0. The van der Waals surface area contributed by atoms with E-state index in [2.05, 4.69) is 14.7 Å². The largest absolute Gasteiger partial charge is 0.417 e. The molecule has 1 heterocycles. The number of sulfonamides is 1. The number of alkyl halides is 3. The van der Waals surface area contributed by atoms with E-state index in [1.165, 1.54) is 18.2 Å². The van der Waals surface area contributed by atoms with Crippen LogP contribution in [0.5, 0.6) is 0 Å². The molecule has 0 radical (unpaired) electrons. The van der Waals surface area contributed by atoms with Crippen molar-refractivity contribution in [2.45, 2.75) is 6.18 Å². The Bertz CT molecular complexity index is 760. The van der Waals surface area contributed by atoms with Crippen molar-refractivity contribution in [3.05, 3.63) is 42.2 Å². The first-order valence-electron chi connectivity index (χ1n) is 5.63. The van der Waals surface area contributed by atoms with Gasteiger partial charge >= 0.3 is 6.18 Å². The molecule has 9 heteroatoms. The summed E-state index contributed by atoms with van der Waals surface area (Å²) in [4.78, 5) is 7.43. The van der Waals surface area contributed by atoms with Gasteiger partial charge < -0.3 is 0 Å². The van der Waals surface area contributed by atoms with Crippen LogP contribution in [0.4, 0.5) is 19.0 Å². The summed E-state index contributed by atoms with van der Waals surface area (Å²) in [5, 5.41) is 0. The molecule has 0 unspecified atom stereocenters. The van der Waals surface area contributed by atoms with Gasteiger partial charge in [-0.2, -0.15) is 13.2 Å². The van der Waals surface area contributed by atoms with Gasteiger partial charge in [-0.3, -0.25) is 4.72 Å². The number of benzene rings is 1. The number of rotatable bonds is 3. The average Bonchev–Trinajstić information content (AvgIpc) is 2.36. The maximum Gasteiger partial charge on any atom is 0.417 e. The monoisotopic (exact) mass is 317 g/mol. The van der Waals surface area contributed by atoms with Gasteiger partial charge in [0.05, 0.1) is 17.5 Å². The molecule has 2 rings (SSSR count). The predicted octanol–water partition coefficient (Wildman–Crippen LogP) is 2.53. The lowest BCUT2D eigenvalue weighted by Gasteiger charge is -2.12. The van der Waals surface area contributed by atoms with E-state index in [1.54, 1.807) is 0 Å². The van der Waals surface area contributed by atoms with E-state index in [9.17, 15) is 21.6 Å². The molecule has 0 aliphatic heterocycles. The Kier molecular flexibility index (Phi) is 3.86. The standard InChI is InChI=1S/C12H10F3N3O2S/c1-21(19,20)18-11-6-10(16-7-17-11)8-4-2-3-5-9(8)12(13,14)15/h2-7H,1H3,(H,16,17,18). The van der Waals surface area contributed by atoms with Gasteiger partial charge in [-0.25, -0.2) is 18.4 Å². The van der Waals surface area contributed by atoms with Crippen LogP contribution in [0.15, 0.2) is 36.7 Å². The fraction of sp³-hybridized carbons (Fsp3) is 0.167. The predicted molar refractivity (Wildman–Crippen MR) is 70.9 cm³/mol. The van der Waals surface area contributed by atoms with E-state index < -0.39 is 21.8 Å². The van der Waals surface area contributed by atoms with Gasteiger partial charge in [-0.15, -0.1) is 0 Å². The van der Waals surface area contributed by atoms with Crippen LogP contribution < -0.4 is 4.72 Å². The Morgan fingerprint density at radius 3 is 2.43 bits per heavy atom. The molecule has 0 saturated heterocycles. The van der Waals surface area contributed by atoms with E-state index in [1.807, 2.05) is 0 Å². The summed E-state index contributed by atoms with van der Waals surface area (Å²) in [6.45, 7) is 0. The summed E-state index contributed by atoms with van der Waals surface area (Å²) in [5.74, 6) is -0.0977. The van der Waals surface area contributed by atoms with Crippen LogP contribution in [0.1, 0.15) is 5.56 Å². The molecule has 0 aliphatic rings. The van der Waals surface area contributed by atoms with Crippen LogP contribution in [-0.4, -0.2) is 24.6 Å².